The number of hydrogen-bond donors (Lipinski definition) is 0. The van der Waals surface area contributed by atoms with Crippen LogP contribution < -0.4 is 4.74 Å². The number of ether oxygens (including phenoxy) is 2. The van der Waals surface area contributed by atoms with Crippen LogP contribution in [0.4, 0.5) is 13.2 Å². The summed E-state index contributed by atoms with van der Waals surface area (Å²) in [4.78, 5) is 7.31. The first kappa shape index (κ1) is 15.0. The van der Waals surface area contributed by atoms with Gasteiger partial charge in [0.05, 0.1) is 6.10 Å². The highest BCUT2D eigenvalue weighted by molar-refractivity contribution is 7.98. The Morgan fingerprint density at radius 3 is 2.61 bits per heavy atom. The molecule has 1 aromatic heterocycles. The minimum absolute atomic E-state index is 0.00951. The number of hydrogen-bond acceptors (Lipinski definition) is 5. The van der Waals surface area contributed by atoms with Crippen molar-refractivity contribution < 1.29 is 22.6 Å². The molecule has 0 spiro atoms. The SMILES string of the molecule is CO[C@H](C)COc1nc(SC)ncc1C(F)(F)F. The van der Waals surface area contributed by atoms with Crippen LogP contribution in [0, 0.1) is 0 Å². The fraction of sp³-hybridized carbons (Fsp3) is 0.600. The Balaban J connectivity index is 2.97. The number of methoxy groups -OCH3 is 1. The van der Waals surface area contributed by atoms with Gasteiger partial charge < -0.3 is 9.47 Å². The van der Waals surface area contributed by atoms with Crippen LogP contribution in [0.3, 0.4) is 0 Å². The Bertz CT molecular complexity index is 401. The van der Waals surface area contributed by atoms with E-state index in [1.54, 1.807) is 13.2 Å². The summed E-state index contributed by atoms with van der Waals surface area (Å²) in [5.41, 5.74) is -0.983. The molecule has 8 heteroatoms. The van der Waals surface area contributed by atoms with Gasteiger partial charge in [0.25, 0.3) is 0 Å². The minimum atomic E-state index is -4.54. The van der Waals surface area contributed by atoms with Gasteiger partial charge in [0, 0.05) is 13.3 Å². The van der Waals surface area contributed by atoms with Crippen molar-refractivity contribution >= 4 is 11.8 Å². The van der Waals surface area contributed by atoms with Gasteiger partial charge >= 0.3 is 6.18 Å². The zero-order valence-corrected chi connectivity index (χ0v) is 10.9. The Kier molecular flexibility index (Phi) is 5.21. The zero-order chi connectivity index (χ0) is 13.8. The standard InChI is InChI=1S/C10H13F3N2O2S/c1-6(16-2)5-17-8-7(10(11,12)13)4-14-9(15-8)18-3/h4,6H,5H2,1-3H3/t6-/m1/s1. The minimum Gasteiger partial charge on any atom is -0.474 e. The van der Waals surface area contributed by atoms with E-state index in [0.717, 1.165) is 18.0 Å². The summed E-state index contributed by atoms with van der Waals surface area (Å²) in [6.45, 7) is 1.67. The highest BCUT2D eigenvalue weighted by atomic mass is 32.2. The number of rotatable bonds is 5. The highest BCUT2D eigenvalue weighted by Gasteiger charge is 2.36. The fourth-order valence-electron chi connectivity index (χ4n) is 1.02. The van der Waals surface area contributed by atoms with Crippen LogP contribution in [0.25, 0.3) is 0 Å². The lowest BCUT2D eigenvalue weighted by Crippen LogP contribution is -2.19. The summed E-state index contributed by atoms with van der Waals surface area (Å²) in [6, 6.07) is 0. The van der Waals surface area contributed by atoms with Gasteiger partial charge in [-0.25, -0.2) is 4.98 Å². The van der Waals surface area contributed by atoms with Crippen molar-refractivity contribution in [1.82, 2.24) is 9.97 Å². The molecule has 0 radical (unpaired) electrons. The molecule has 0 unspecified atom stereocenters. The molecule has 0 aromatic carbocycles. The Morgan fingerprint density at radius 2 is 2.11 bits per heavy atom. The molecule has 1 rings (SSSR count). The predicted molar refractivity (Wildman–Crippen MR) is 60.8 cm³/mol. The molecule has 4 nitrogen and oxygen atoms in total. The van der Waals surface area contributed by atoms with Gasteiger partial charge in [-0.3, -0.25) is 0 Å². The maximum Gasteiger partial charge on any atom is 0.423 e. The first-order chi connectivity index (χ1) is 8.38. The Labute approximate surface area is 107 Å². The van der Waals surface area contributed by atoms with E-state index in [-0.39, 0.29) is 17.9 Å². The van der Waals surface area contributed by atoms with Gasteiger partial charge in [-0.15, -0.1) is 0 Å². The summed E-state index contributed by atoms with van der Waals surface area (Å²) in [7, 11) is 1.45. The first-order valence-corrected chi connectivity index (χ1v) is 6.24. The fourth-order valence-corrected chi connectivity index (χ4v) is 1.35. The molecule has 1 atom stereocenters. The van der Waals surface area contributed by atoms with Crippen LogP contribution in [0.2, 0.25) is 0 Å². The summed E-state index contributed by atoms with van der Waals surface area (Å²) >= 11 is 1.14. The first-order valence-electron chi connectivity index (χ1n) is 5.02. The van der Waals surface area contributed by atoms with E-state index >= 15 is 0 Å². The smallest absolute Gasteiger partial charge is 0.423 e. The highest BCUT2D eigenvalue weighted by Crippen LogP contribution is 2.35. The van der Waals surface area contributed by atoms with E-state index in [9.17, 15) is 13.2 Å². The summed E-state index contributed by atoms with van der Waals surface area (Å²) < 4.78 is 48.0. The van der Waals surface area contributed by atoms with E-state index in [0.29, 0.717) is 0 Å². The summed E-state index contributed by atoms with van der Waals surface area (Å²) in [5.74, 6) is -0.467. The predicted octanol–water partition coefficient (Wildman–Crippen LogP) is 2.63. The van der Waals surface area contributed by atoms with Gasteiger partial charge in [-0.2, -0.15) is 18.2 Å². The second-order valence-corrected chi connectivity index (χ2v) is 4.20. The zero-order valence-electron chi connectivity index (χ0n) is 10.1. The number of aromatic nitrogens is 2. The number of halogens is 3. The maximum atomic E-state index is 12.7. The quantitative estimate of drug-likeness (QED) is 0.613. The molecular formula is C10H13F3N2O2S. The van der Waals surface area contributed by atoms with Crippen molar-refractivity contribution in [2.45, 2.75) is 24.4 Å². The monoisotopic (exact) mass is 282 g/mol. The molecule has 0 aliphatic carbocycles. The molecule has 102 valence electrons. The molecule has 1 aromatic rings. The molecule has 0 fully saturated rings. The van der Waals surface area contributed by atoms with Gasteiger partial charge in [0.2, 0.25) is 5.88 Å². The molecular weight excluding hydrogens is 269 g/mol. The van der Waals surface area contributed by atoms with Crippen LogP contribution in [-0.4, -0.2) is 36.0 Å². The molecule has 0 saturated carbocycles. The van der Waals surface area contributed by atoms with E-state index in [1.807, 2.05) is 0 Å². The van der Waals surface area contributed by atoms with Gasteiger partial charge in [-0.05, 0) is 13.2 Å². The van der Waals surface area contributed by atoms with E-state index in [1.165, 1.54) is 7.11 Å². The number of alkyl halides is 3. The molecule has 0 amide bonds. The van der Waals surface area contributed by atoms with E-state index < -0.39 is 17.6 Å². The topological polar surface area (TPSA) is 44.2 Å². The third-order valence-corrected chi connectivity index (χ3v) is 2.64. The Hall–Kier alpha value is -1.02. The third kappa shape index (κ3) is 4.02. The van der Waals surface area contributed by atoms with Gasteiger partial charge in [0.1, 0.15) is 12.2 Å². The number of thioether (sulfide) groups is 1. The van der Waals surface area contributed by atoms with E-state index in [4.69, 9.17) is 9.47 Å². The largest absolute Gasteiger partial charge is 0.474 e. The lowest BCUT2D eigenvalue weighted by atomic mass is 10.3. The second kappa shape index (κ2) is 6.24. The van der Waals surface area contributed by atoms with Crippen molar-refractivity contribution in [3.8, 4) is 5.88 Å². The lowest BCUT2D eigenvalue weighted by Gasteiger charge is -2.15. The maximum absolute atomic E-state index is 12.7. The van der Waals surface area contributed by atoms with Crippen LogP contribution in [0.5, 0.6) is 5.88 Å². The molecule has 0 aliphatic rings. The second-order valence-electron chi connectivity index (χ2n) is 3.43. The van der Waals surface area contributed by atoms with Crippen molar-refractivity contribution in [1.29, 1.82) is 0 Å². The molecule has 0 saturated heterocycles. The Morgan fingerprint density at radius 1 is 1.44 bits per heavy atom. The molecule has 1 heterocycles. The van der Waals surface area contributed by atoms with Crippen LogP contribution in [0.15, 0.2) is 11.4 Å². The average Bonchev–Trinajstić information content (AvgIpc) is 2.34. The van der Waals surface area contributed by atoms with Crippen LogP contribution in [-0.2, 0) is 10.9 Å². The van der Waals surface area contributed by atoms with Crippen molar-refractivity contribution in [2.75, 3.05) is 20.0 Å². The summed E-state index contributed by atoms with van der Waals surface area (Å²) in [5, 5.41) is 0.225. The van der Waals surface area contributed by atoms with Gasteiger partial charge in [-0.1, -0.05) is 11.8 Å². The molecule has 0 aliphatic heterocycles. The molecule has 0 bridgehead atoms. The van der Waals surface area contributed by atoms with Crippen LogP contribution in [0.1, 0.15) is 12.5 Å². The van der Waals surface area contributed by atoms with Crippen molar-refractivity contribution in [3.05, 3.63) is 11.8 Å². The van der Waals surface area contributed by atoms with Crippen LogP contribution >= 0.6 is 11.8 Å². The number of nitrogens with zero attached hydrogens (tertiary/aromatic N) is 2. The normalized spacial score (nSPS) is 13.4. The van der Waals surface area contributed by atoms with E-state index in [2.05, 4.69) is 9.97 Å². The summed E-state index contributed by atoms with van der Waals surface area (Å²) in [6.07, 6.45) is -2.46. The molecule has 18 heavy (non-hydrogen) atoms. The van der Waals surface area contributed by atoms with Crippen molar-refractivity contribution in [3.63, 3.8) is 0 Å². The lowest BCUT2D eigenvalue weighted by molar-refractivity contribution is -0.139. The molecule has 0 N–H and O–H groups in total. The van der Waals surface area contributed by atoms with Crippen molar-refractivity contribution in [2.24, 2.45) is 0 Å². The van der Waals surface area contributed by atoms with Gasteiger partial charge in [0.15, 0.2) is 5.16 Å². The third-order valence-electron chi connectivity index (χ3n) is 2.08. The average molecular weight is 282 g/mol.